The third-order valence-corrected chi connectivity index (χ3v) is 6.70. The van der Waals surface area contributed by atoms with Crippen LogP contribution in [0.2, 0.25) is 0 Å². The highest BCUT2D eigenvalue weighted by molar-refractivity contribution is 7.88. The minimum atomic E-state index is -2.97. The van der Waals surface area contributed by atoms with Crippen LogP contribution in [0.25, 0.3) is 0 Å². The second kappa shape index (κ2) is 6.13. The maximum atomic E-state index is 11.5. The molecule has 3 nitrogen and oxygen atoms in total. The van der Waals surface area contributed by atoms with Crippen molar-refractivity contribution in [1.29, 1.82) is 0 Å². The summed E-state index contributed by atoms with van der Waals surface area (Å²) < 4.78 is 24.7. The van der Waals surface area contributed by atoms with Gasteiger partial charge in [0.2, 0.25) is 10.0 Å². The van der Waals surface area contributed by atoms with Crippen molar-refractivity contribution in [1.82, 2.24) is 4.31 Å². The SMILES string of the molecule is CC(C)C1CCC(C2CCN(S(C)(=O)=O)CC2)CC1. The highest BCUT2D eigenvalue weighted by Gasteiger charge is 2.32. The Bertz CT molecular complexity index is 375. The maximum absolute atomic E-state index is 11.5. The quantitative estimate of drug-likeness (QED) is 0.800. The lowest BCUT2D eigenvalue weighted by molar-refractivity contribution is 0.135. The largest absolute Gasteiger partial charge is 0.213 e. The van der Waals surface area contributed by atoms with Crippen molar-refractivity contribution in [2.45, 2.75) is 52.4 Å². The molecule has 0 spiro atoms. The molecular formula is C15H29NO2S. The second-order valence-corrected chi connectivity index (χ2v) is 8.90. The first-order chi connectivity index (χ1) is 8.88. The van der Waals surface area contributed by atoms with Gasteiger partial charge in [-0.25, -0.2) is 12.7 Å². The van der Waals surface area contributed by atoms with Crippen molar-refractivity contribution in [2.75, 3.05) is 19.3 Å². The van der Waals surface area contributed by atoms with Crippen LogP contribution >= 0.6 is 0 Å². The molecule has 0 unspecified atom stereocenters. The Balaban J connectivity index is 1.80. The van der Waals surface area contributed by atoms with Crippen molar-refractivity contribution in [3.63, 3.8) is 0 Å². The van der Waals surface area contributed by atoms with E-state index in [1.165, 1.54) is 31.9 Å². The van der Waals surface area contributed by atoms with E-state index in [0.717, 1.165) is 49.6 Å². The Kier molecular flexibility index (Phi) is 4.93. The average molecular weight is 287 g/mol. The van der Waals surface area contributed by atoms with Crippen LogP contribution in [0.3, 0.4) is 0 Å². The third kappa shape index (κ3) is 3.94. The fourth-order valence-corrected chi connectivity index (χ4v) is 4.84. The Morgan fingerprint density at radius 1 is 0.895 bits per heavy atom. The van der Waals surface area contributed by atoms with Crippen LogP contribution < -0.4 is 0 Å². The van der Waals surface area contributed by atoms with Crippen LogP contribution in [-0.4, -0.2) is 32.1 Å². The van der Waals surface area contributed by atoms with Gasteiger partial charge in [0, 0.05) is 13.1 Å². The van der Waals surface area contributed by atoms with Crippen molar-refractivity contribution < 1.29 is 8.42 Å². The summed E-state index contributed by atoms with van der Waals surface area (Å²) in [5.41, 5.74) is 0. The highest BCUT2D eigenvalue weighted by Crippen LogP contribution is 2.40. The molecule has 0 atom stereocenters. The predicted octanol–water partition coefficient (Wildman–Crippen LogP) is 3.12. The molecule has 1 heterocycles. The number of nitrogens with zero attached hydrogens (tertiary/aromatic N) is 1. The number of hydrogen-bond donors (Lipinski definition) is 0. The number of rotatable bonds is 3. The Hall–Kier alpha value is -0.0900. The van der Waals surface area contributed by atoms with E-state index < -0.39 is 10.0 Å². The van der Waals surface area contributed by atoms with E-state index in [9.17, 15) is 8.42 Å². The molecule has 0 N–H and O–H groups in total. The summed E-state index contributed by atoms with van der Waals surface area (Å²) in [6.07, 6.45) is 8.98. The minimum Gasteiger partial charge on any atom is -0.213 e. The lowest BCUT2D eigenvalue weighted by Crippen LogP contribution is -2.40. The average Bonchev–Trinajstić information content (AvgIpc) is 2.38. The zero-order chi connectivity index (χ0) is 14.0. The third-order valence-electron chi connectivity index (χ3n) is 5.39. The molecule has 4 heteroatoms. The molecule has 19 heavy (non-hydrogen) atoms. The van der Waals surface area contributed by atoms with Gasteiger partial charge in [0.1, 0.15) is 0 Å². The van der Waals surface area contributed by atoms with Gasteiger partial charge < -0.3 is 0 Å². The van der Waals surface area contributed by atoms with Crippen molar-refractivity contribution in [3.05, 3.63) is 0 Å². The molecule has 1 saturated heterocycles. The van der Waals surface area contributed by atoms with Gasteiger partial charge in [0.15, 0.2) is 0 Å². The van der Waals surface area contributed by atoms with Crippen molar-refractivity contribution >= 4 is 10.0 Å². The monoisotopic (exact) mass is 287 g/mol. The standard InChI is InChI=1S/C15H29NO2S/c1-12(2)13-4-6-14(7-5-13)15-8-10-16(11-9-15)19(3,17)18/h12-15H,4-11H2,1-3H3. The topological polar surface area (TPSA) is 37.4 Å². The second-order valence-electron chi connectivity index (χ2n) is 6.92. The molecule has 0 bridgehead atoms. The van der Waals surface area contributed by atoms with Gasteiger partial charge in [-0.15, -0.1) is 0 Å². The van der Waals surface area contributed by atoms with Crippen LogP contribution in [0.4, 0.5) is 0 Å². The molecule has 0 aromatic heterocycles. The first-order valence-corrected chi connectivity index (χ1v) is 9.68. The molecule has 1 aliphatic carbocycles. The van der Waals surface area contributed by atoms with Gasteiger partial charge in [0.25, 0.3) is 0 Å². The summed E-state index contributed by atoms with van der Waals surface area (Å²) in [6.45, 7) is 6.17. The summed E-state index contributed by atoms with van der Waals surface area (Å²) in [5.74, 6) is 3.38. The Labute approximate surface area is 118 Å². The lowest BCUT2D eigenvalue weighted by atomic mass is 9.70. The first kappa shape index (κ1) is 15.3. The molecular weight excluding hydrogens is 258 g/mol. The van der Waals surface area contributed by atoms with E-state index in [1.807, 2.05) is 0 Å². The fourth-order valence-electron chi connectivity index (χ4n) is 3.96. The minimum absolute atomic E-state index is 0.744. The van der Waals surface area contributed by atoms with Crippen molar-refractivity contribution in [3.8, 4) is 0 Å². The molecule has 1 aliphatic heterocycles. The summed E-state index contributed by atoms with van der Waals surface area (Å²) in [6, 6.07) is 0. The van der Waals surface area contributed by atoms with Gasteiger partial charge in [-0.05, 0) is 62.2 Å². The van der Waals surface area contributed by atoms with Crippen LogP contribution in [0.5, 0.6) is 0 Å². The molecule has 0 aromatic rings. The summed E-state index contributed by atoms with van der Waals surface area (Å²) in [7, 11) is -2.97. The van der Waals surface area contributed by atoms with Crippen LogP contribution in [-0.2, 0) is 10.0 Å². The maximum Gasteiger partial charge on any atom is 0.211 e. The van der Waals surface area contributed by atoms with E-state index >= 15 is 0 Å². The van der Waals surface area contributed by atoms with E-state index in [0.29, 0.717) is 0 Å². The van der Waals surface area contributed by atoms with Crippen LogP contribution in [0.1, 0.15) is 52.4 Å². The molecule has 0 aromatic carbocycles. The highest BCUT2D eigenvalue weighted by atomic mass is 32.2. The smallest absolute Gasteiger partial charge is 0.211 e. The first-order valence-electron chi connectivity index (χ1n) is 7.83. The molecule has 1 saturated carbocycles. The van der Waals surface area contributed by atoms with E-state index in [1.54, 1.807) is 4.31 Å². The zero-order valence-electron chi connectivity index (χ0n) is 12.6. The van der Waals surface area contributed by atoms with Crippen LogP contribution in [0.15, 0.2) is 0 Å². The lowest BCUT2D eigenvalue weighted by Gasteiger charge is -2.39. The number of sulfonamides is 1. The number of hydrogen-bond acceptors (Lipinski definition) is 2. The van der Waals surface area contributed by atoms with Gasteiger partial charge >= 0.3 is 0 Å². The summed E-state index contributed by atoms with van der Waals surface area (Å²) in [4.78, 5) is 0. The Morgan fingerprint density at radius 2 is 1.37 bits per heavy atom. The molecule has 2 rings (SSSR count). The Morgan fingerprint density at radius 3 is 1.79 bits per heavy atom. The fraction of sp³-hybridized carbons (Fsp3) is 1.00. The van der Waals surface area contributed by atoms with E-state index in [-0.39, 0.29) is 0 Å². The number of piperidine rings is 1. The molecule has 0 amide bonds. The normalized spacial score (nSPS) is 31.8. The summed E-state index contributed by atoms with van der Waals surface area (Å²) in [5, 5.41) is 0. The van der Waals surface area contributed by atoms with Gasteiger partial charge in [0.05, 0.1) is 6.26 Å². The van der Waals surface area contributed by atoms with Gasteiger partial charge in [-0.2, -0.15) is 0 Å². The summed E-state index contributed by atoms with van der Waals surface area (Å²) >= 11 is 0. The molecule has 2 fully saturated rings. The molecule has 0 radical (unpaired) electrons. The molecule has 2 aliphatic rings. The molecule has 112 valence electrons. The zero-order valence-corrected chi connectivity index (χ0v) is 13.5. The van der Waals surface area contributed by atoms with Crippen LogP contribution in [0, 0.1) is 23.7 Å². The predicted molar refractivity (Wildman–Crippen MR) is 79.4 cm³/mol. The van der Waals surface area contributed by atoms with E-state index in [4.69, 9.17) is 0 Å². The van der Waals surface area contributed by atoms with Gasteiger partial charge in [-0.3, -0.25) is 0 Å². The van der Waals surface area contributed by atoms with Crippen molar-refractivity contribution in [2.24, 2.45) is 23.7 Å². The van der Waals surface area contributed by atoms with Gasteiger partial charge in [-0.1, -0.05) is 13.8 Å². The van der Waals surface area contributed by atoms with E-state index in [2.05, 4.69) is 13.8 Å².